The maximum atomic E-state index is 12.7. The van der Waals surface area contributed by atoms with E-state index in [0.29, 0.717) is 36.8 Å². The molecule has 0 aromatic heterocycles. The van der Waals surface area contributed by atoms with Crippen molar-refractivity contribution >= 4 is 11.6 Å². The summed E-state index contributed by atoms with van der Waals surface area (Å²) in [5.74, 6) is 0. The van der Waals surface area contributed by atoms with Crippen molar-refractivity contribution in [3.05, 3.63) is 34.3 Å². The summed E-state index contributed by atoms with van der Waals surface area (Å²) in [5.41, 5.74) is -0.444. The summed E-state index contributed by atoms with van der Waals surface area (Å²) in [6, 6.07) is 3.31. The molecule has 124 valence electrons. The van der Waals surface area contributed by atoms with Gasteiger partial charge in [0.05, 0.1) is 12.2 Å². The van der Waals surface area contributed by atoms with Crippen LogP contribution in [0.4, 0.5) is 13.2 Å². The smallest absolute Gasteiger partial charge is 0.396 e. The first-order valence-corrected chi connectivity index (χ1v) is 7.49. The SMILES string of the molecule is OCCC1(CNCc2cc(C(F)(F)F)ccc2Cl)CCOC1. The zero-order valence-electron chi connectivity index (χ0n) is 12.0. The minimum atomic E-state index is -4.38. The molecule has 0 amide bonds. The molecule has 1 aliphatic rings. The van der Waals surface area contributed by atoms with E-state index >= 15 is 0 Å². The summed E-state index contributed by atoms with van der Waals surface area (Å²) in [5, 5.41) is 12.6. The lowest BCUT2D eigenvalue weighted by Crippen LogP contribution is -2.35. The maximum Gasteiger partial charge on any atom is 0.416 e. The molecule has 1 heterocycles. The van der Waals surface area contributed by atoms with E-state index in [-0.39, 0.29) is 18.6 Å². The molecule has 3 nitrogen and oxygen atoms in total. The summed E-state index contributed by atoms with van der Waals surface area (Å²) < 4.78 is 43.5. The van der Waals surface area contributed by atoms with Crippen LogP contribution in [0.1, 0.15) is 24.0 Å². The first-order valence-electron chi connectivity index (χ1n) is 7.11. The van der Waals surface area contributed by atoms with Gasteiger partial charge in [-0.1, -0.05) is 11.6 Å². The molecular weight excluding hydrogens is 319 g/mol. The average Bonchev–Trinajstić information content (AvgIpc) is 2.89. The number of hydrogen-bond donors (Lipinski definition) is 2. The van der Waals surface area contributed by atoms with E-state index in [1.807, 2.05) is 0 Å². The van der Waals surface area contributed by atoms with Crippen molar-refractivity contribution in [3.63, 3.8) is 0 Å². The Morgan fingerprint density at radius 3 is 2.73 bits per heavy atom. The molecular formula is C15H19ClF3NO2. The molecule has 1 unspecified atom stereocenters. The number of halogens is 4. The van der Waals surface area contributed by atoms with Crippen molar-refractivity contribution in [2.24, 2.45) is 5.41 Å². The number of aliphatic hydroxyl groups is 1. The Morgan fingerprint density at radius 2 is 2.14 bits per heavy atom. The van der Waals surface area contributed by atoms with Gasteiger partial charge in [-0.3, -0.25) is 0 Å². The topological polar surface area (TPSA) is 41.5 Å². The molecule has 0 spiro atoms. The fraction of sp³-hybridized carbons (Fsp3) is 0.600. The van der Waals surface area contributed by atoms with Crippen LogP contribution in [0.25, 0.3) is 0 Å². The number of benzene rings is 1. The van der Waals surface area contributed by atoms with Gasteiger partial charge in [0.1, 0.15) is 0 Å². The maximum absolute atomic E-state index is 12.7. The normalized spacial score (nSPS) is 22.2. The van der Waals surface area contributed by atoms with Crippen molar-refractivity contribution < 1.29 is 23.0 Å². The summed E-state index contributed by atoms with van der Waals surface area (Å²) >= 11 is 5.97. The van der Waals surface area contributed by atoms with Crippen molar-refractivity contribution in [2.75, 3.05) is 26.4 Å². The molecule has 0 radical (unpaired) electrons. The molecule has 1 aromatic carbocycles. The molecule has 1 fully saturated rings. The fourth-order valence-corrected chi connectivity index (χ4v) is 2.84. The quantitative estimate of drug-likeness (QED) is 0.837. The Bertz CT molecular complexity index is 502. The van der Waals surface area contributed by atoms with Crippen LogP contribution in [0.2, 0.25) is 5.02 Å². The highest BCUT2D eigenvalue weighted by Gasteiger charge is 2.34. The molecule has 1 atom stereocenters. The second-order valence-corrected chi connectivity index (χ2v) is 6.09. The minimum absolute atomic E-state index is 0.0648. The summed E-state index contributed by atoms with van der Waals surface area (Å²) in [7, 11) is 0. The van der Waals surface area contributed by atoms with Gasteiger partial charge in [-0.2, -0.15) is 13.2 Å². The Balaban J connectivity index is 1.99. The van der Waals surface area contributed by atoms with Gasteiger partial charge in [-0.15, -0.1) is 0 Å². The zero-order valence-corrected chi connectivity index (χ0v) is 12.8. The molecule has 0 saturated carbocycles. The highest BCUT2D eigenvalue weighted by molar-refractivity contribution is 6.31. The van der Waals surface area contributed by atoms with Gasteiger partial charge in [0.15, 0.2) is 0 Å². The minimum Gasteiger partial charge on any atom is -0.396 e. The van der Waals surface area contributed by atoms with Gasteiger partial charge in [-0.25, -0.2) is 0 Å². The number of alkyl halides is 3. The van der Waals surface area contributed by atoms with Crippen LogP contribution in [0.3, 0.4) is 0 Å². The Hall–Kier alpha value is -0.820. The third-order valence-electron chi connectivity index (χ3n) is 4.02. The highest BCUT2D eigenvalue weighted by Crippen LogP contribution is 2.33. The van der Waals surface area contributed by atoms with Gasteiger partial charge in [0, 0.05) is 36.7 Å². The van der Waals surface area contributed by atoms with Gasteiger partial charge >= 0.3 is 6.18 Å². The largest absolute Gasteiger partial charge is 0.416 e. The van der Waals surface area contributed by atoms with Crippen LogP contribution in [0.15, 0.2) is 18.2 Å². The molecule has 0 aliphatic carbocycles. The van der Waals surface area contributed by atoms with Crippen molar-refractivity contribution in [3.8, 4) is 0 Å². The second-order valence-electron chi connectivity index (χ2n) is 5.68. The van der Waals surface area contributed by atoms with Gasteiger partial charge in [0.25, 0.3) is 0 Å². The van der Waals surface area contributed by atoms with Gasteiger partial charge in [0.2, 0.25) is 0 Å². The molecule has 2 N–H and O–H groups in total. The van der Waals surface area contributed by atoms with Crippen molar-refractivity contribution in [1.82, 2.24) is 5.32 Å². The third-order valence-corrected chi connectivity index (χ3v) is 4.38. The number of hydrogen-bond acceptors (Lipinski definition) is 3. The standard InChI is InChI=1S/C15H19ClF3NO2/c16-13-2-1-12(15(17,18)19)7-11(13)8-20-9-14(3-5-21)4-6-22-10-14/h1-2,7,20-21H,3-6,8-10H2. The van der Waals surface area contributed by atoms with Crippen LogP contribution in [0.5, 0.6) is 0 Å². The molecule has 22 heavy (non-hydrogen) atoms. The van der Waals surface area contributed by atoms with Crippen molar-refractivity contribution in [2.45, 2.75) is 25.6 Å². The summed E-state index contributed by atoms with van der Waals surface area (Å²) in [6.07, 6.45) is -2.94. The third kappa shape index (κ3) is 4.35. The van der Waals surface area contributed by atoms with E-state index in [9.17, 15) is 13.2 Å². The summed E-state index contributed by atoms with van der Waals surface area (Å²) in [6.45, 7) is 2.08. The zero-order chi connectivity index (χ0) is 16.2. The summed E-state index contributed by atoms with van der Waals surface area (Å²) in [4.78, 5) is 0. The van der Waals surface area contributed by atoms with E-state index in [0.717, 1.165) is 18.6 Å². The molecule has 2 rings (SSSR count). The molecule has 1 aromatic rings. The van der Waals surface area contributed by atoms with Crippen LogP contribution in [0, 0.1) is 5.41 Å². The monoisotopic (exact) mass is 337 g/mol. The lowest BCUT2D eigenvalue weighted by atomic mass is 9.84. The molecule has 0 bridgehead atoms. The molecule has 7 heteroatoms. The molecule has 1 saturated heterocycles. The van der Waals surface area contributed by atoms with Crippen LogP contribution >= 0.6 is 11.6 Å². The lowest BCUT2D eigenvalue weighted by molar-refractivity contribution is -0.137. The second kappa shape index (κ2) is 7.17. The van der Waals surface area contributed by atoms with Crippen LogP contribution < -0.4 is 5.32 Å². The van der Waals surface area contributed by atoms with Gasteiger partial charge < -0.3 is 15.2 Å². The Kier molecular flexibility index (Phi) is 5.71. The van der Waals surface area contributed by atoms with E-state index in [2.05, 4.69) is 5.32 Å². The van der Waals surface area contributed by atoms with E-state index < -0.39 is 11.7 Å². The van der Waals surface area contributed by atoms with E-state index in [1.165, 1.54) is 6.07 Å². The van der Waals surface area contributed by atoms with E-state index in [1.54, 1.807) is 0 Å². The Morgan fingerprint density at radius 1 is 1.36 bits per heavy atom. The number of rotatable bonds is 6. The number of aliphatic hydroxyl groups excluding tert-OH is 1. The lowest BCUT2D eigenvalue weighted by Gasteiger charge is -2.27. The predicted molar refractivity (Wildman–Crippen MR) is 77.7 cm³/mol. The van der Waals surface area contributed by atoms with Crippen LogP contribution in [-0.4, -0.2) is 31.5 Å². The average molecular weight is 338 g/mol. The fourth-order valence-electron chi connectivity index (χ4n) is 2.66. The van der Waals surface area contributed by atoms with E-state index in [4.69, 9.17) is 21.4 Å². The van der Waals surface area contributed by atoms with Gasteiger partial charge in [-0.05, 0) is 36.6 Å². The van der Waals surface area contributed by atoms with Crippen LogP contribution in [-0.2, 0) is 17.5 Å². The molecule has 1 aliphatic heterocycles. The first-order chi connectivity index (χ1) is 10.4. The number of ether oxygens (including phenoxy) is 1. The number of nitrogens with one attached hydrogen (secondary N) is 1. The highest BCUT2D eigenvalue weighted by atomic mass is 35.5. The van der Waals surface area contributed by atoms with Crippen molar-refractivity contribution in [1.29, 1.82) is 0 Å². The Labute approximate surface area is 132 Å². The predicted octanol–water partition coefficient (Wildman–Crippen LogP) is 3.24. The first kappa shape index (κ1) is 17.5.